The van der Waals surface area contributed by atoms with Crippen LogP contribution in [0.4, 0.5) is 0 Å². The molecule has 0 aliphatic heterocycles. The van der Waals surface area contributed by atoms with Crippen molar-refractivity contribution in [2.24, 2.45) is 0 Å². The first-order chi connectivity index (χ1) is 12.1. The molecule has 5 heteroatoms. The van der Waals surface area contributed by atoms with Crippen LogP contribution in [-0.4, -0.2) is 21.3 Å². The van der Waals surface area contributed by atoms with Gasteiger partial charge in [0, 0.05) is 16.7 Å². The quantitative estimate of drug-likeness (QED) is 0.606. The van der Waals surface area contributed by atoms with E-state index in [0.29, 0.717) is 29.7 Å². The van der Waals surface area contributed by atoms with Crippen LogP contribution in [0.3, 0.4) is 0 Å². The summed E-state index contributed by atoms with van der Waals surface area (Å²) in [5.74, 6) is 0.604. The summed E-state index contributed by atoms with van der Waals surface area (Å²) < 4.78 is 2.64. The van der Waals surface area contributed by atoms with Crippen molar-refractivity contribution in [3.8, 4) is 0 Å². The summed E-state index contributed by atoms with van der Waals surface area (Å²) in [5.41, 5.74) is 2.88. The molecule has 0 unspecified atom stereocenters. The van der Waals surface area contributed by atoms with Gasteiger partial charge in [-0.1, -0.05) is 35.9 Å². The number of hydrogen-bond donors (Lipinski definition) is 1. The molecule has 0 atom stereocenters. The van der Waals surface area contributed by atoms with Gasteiger partial charge in [-0.3, -0.25) is 9.36 Å². The number of rotatable bonds is 5. The van der Waals surface area contributed by atoms with Gasteiger partial charge in [-0.15, -0.1) is 0 Å². The van der Waals surface area contributed by atoms with Crippen molar-refractivity contribution in [1.82, 2.24) is 9.55 Å². The third-order valence-corrected chi connectivity index (χ3v) is 4.66. The lowest BCUT2D eigenvalue weighted by molar-refractivity contribution is 0.278. The molecule has 2 aromatic carbocycles. The van der Waals surface area contributed by atoms with Crippen molar-refractivity contribution in [3.05, 3.63) is 73.3 Å². The van der Waals surface area contributed by atoms with Crippen molar-refractivity contribution >= 4 is 45.6 Å². The summed E-state index contributed by atoms with van der Waals surface area (Å²) in [4.78, 5) is 17.5. The van der Waals surface area contributed by atoms with Gasteiger partial charge in [0.05, 0.1) is 10.9 Å². The van der Waals surface area contributed by atoms with Gasteiger partial charge in [-0.2, -0.15) is 0 Å². The standard InChI is InChI=1S/C20H19IN2O2/c1-14-3-5-15(6-4-14)7-10-19-22-18-9-8-16(21)13-17(18)20(25)23(19)11-2-12-24/h3-10,13,24H,2,11-12H2,1H3/b10-7+. The van der Waals surface area contributed by atoms with Crippen molar-refractivity contribution in [1.29, 1.82) is 0 Å². The highest BCUT2D eigenvalue weighted by molar-refractivity contribution is 14.1. The second kappa shape index (κ2) is 7.93. The molecule has 0 fully saturated rings. The third-order valence-electron chi connectivity index (χ3n) is 3.99. The zero-order valence-electron chi connectivity index (χ0n) is 13.9. The largest absolute Gasteiger partial charge is 0.396 e. The van der Waals surface area contributed by atoms with Crippen LogP contribution in [0.5, 0.6) is 0 Å². The van der Waals surface area contributed by atoms with Gasteiger partial charge in [0.1, 0.15) is 5.82 Å². The maximum Gasteiger partial charge on any atom is 0.261 e. The predicted molar refractivity (Wildman–Crippen MR) is 111 cm³/mol. The number of aliphatic hydroxyl groups excluding tert-OH is 1. The minimum atomic E-state index is -0.0690. The first-order valence-corrected chi connectivity index (χ1v) is 9.22. The van der Waals surface area contributed by atoms with E-state index in [2.05, 4.69) is 27.6 Å². The van der Waals surface area contributed by atoms with Gasteiger partial charge in [-0.25, -0.2) is 4.98 Å². The van der Waals surface area contributed by atoms with E-state index < -0.39 is 0 Å². The van der Waals surface area contributed by atoms with E-state index in [1.165, 1.54) is 5.56 Å². The van der Waals surface area contributed by atoms with Crippen LogP contribution < -0.4 is 5.56 Å². The fourth-order valence-corrected chi connectivity index (χ4v) is 3.12. The zero-order chi connectivity index (χ0) is 17.8. The molecule has 0 saturated carbocycles. The van der Waals surface area contributed by atoms with Crippen molar-refractivity contribution < 1.29 is 5.11 Å². The van der Waals surface area contributed by atoms with Gasteiger partial charge < -0.3 is 5.11 Å². The maximum absolute atomic E-state index is 12.9. The van der Waals surface area contributed by atoms with Crippen molar-refractivity contribution in [2.45, 2.75) is 19.9 Å². The summed E-state index contributed by atoms with van der Waals surface area (Å²) >= 11 is 2.19. The Morgan fingerprint density at radius 3 is 2.64 bits per heavy atom. The fourth-order valence-electron chi connectivity index (χ4n) is 2.63. The normalized spacial score (nSPS) is 11.5. The number of benzene rings is 2. The van der Waals surface area contributed by atoms with Gasteiger partial charge in [0.15, 0.2) is 0 Å². The minimum Gasteiger partial charge on any atom is -0.396 e. The second-order valence-electron chi connectivity index (χ2n) is 5.91. The molecule has 1 N–H and O–H groups in total. The molecule has 3 rings (SSSR count). The van der Waals surface area contributed by atoms with E-state index in [4.69, 9.17) is 5.11 Å². The third kappa shape index (κ3) is 4.16. The van der Waals surface area contributed by atoms with E-state index in [1.807, 2.05) is 61.5 Å². The van der Waals surface area contributed by atoms with Gasteiger partial charge in [0.2, 0.25) is 0 Å². The molecule has 128 valence electrons. The number of halogens is 1. The van der Waals surface area contributed by atoms with E-state index in [1.54, 1.807) is 4.57 Å². The fraction of sp³-hybridized carbons (Fsp3) is 0.200. The lowest BCUT2D eigenvalue weighted by Crippen LogP contribution is -2.24. The highest BCUT2D eigenvalue weighted by Crippen LogP contribution is 2.15. The van der Waals surface area contributed by atoms with Crippen LogP contribution in [0.2, 0.25) is 0 Å². The SMILES string of the molecule is Cc1ccc(/C=C/c2nc3ccc(I)cc3c(=O)n2CCCO)cc1. The first kappa shape index (κ1) is 17.8. The molecule has 1 aromatic heterocycles. The molecule has 1 heterocycles. The highest BCUT2D eigenvalue weighted by atomic mass is 127. The van der Waals surface area contributed by atoms with Crippen LogP contribution in [0.1, 0.15) is 23.4 Å². The minimum absolute atomic E-state index is 0.0396. The van der Waals surface area contributed by atoms with E-state index in [-0.39, 0.29) is 12.2 Å². The Morgan fingerprint density at radius 1 is 1.16 bits per heavy atom. The molecule has 0 amide bonds. The average Bonchev–Trinajstić information content (AvgIpc) is 2.61. The van der Waals surface area contributed by atoms with Gasteiger partial charge in [0.25, 0.3) is 5.56 Å². The number of hydrogen-bond acceptors (Lipinski definition) is 3. The molecule has 0 spiro atoms. The van der Waals surface area contributed by atoms with E-state index >= 15 is 0 Å². The zero-order valence-corrected chi connectivity index (χ0v) is 16.1. The monoisotopic (exact) mass is 446 g/mol. The number of nitrogens with zero attached hydrogens (tertiary/aromatic N) is 2. The van der Waals surface area contributed by atoms with Crippen LogP contribution in [-0.2, 0) is 6.54 Å². The highest BCUT2D eigenvalue weighted by Gasteiger charge is 2.09. The number of fused-ring (bicyclic) bond motifs is 1. The Kier molecular flexibility index (Phi) is 5.65. The molecule has 0 bridgehead atoms. The smallest absolute Gasteiger partial charge is 0.261 e. The molecule has 4 nitrogen and oxygen atoms in total. The number of aliphatic hydroxyl groups is 1. The summed E-state index contributed by atoms with van der Waals surface area (Å²) in [6.45, 7) is 2.53. The lowest BCUT2D eigenvalue weighted by atomic mass is 10.1. The lowest BCUT2D eigenvalue weighted by Gasteiger charge is -2.11. The second-order valence-corrected chi connectivity index (χ2v) is 7.16. The Balaban J connectivity index is 2.09. The Labute approximate surface area is 160 Å². The summed E-state index contributed by atoms with van der Waals surface area (Å²) in [6.07, 6.45) is 4.33. The predicted octanol–water partition coefficient (Wildman–Crippen LogP) is 3.86. The number of aromatic nitrogens is 2. The molecule has 0 aliphatic carbocycles. The first-order valence-electron chi connectivity index (χ1n) is 8.14. The number of aryl methyl sites for hydroxylation is 1. The maximum atomic E-state index is 12.9. The Bertz CT molecular complexity index is 975. The van der Waals surface area contributed by atoms with Gasteiger partial charge in [-0.05, 0) is 65.8 Å². The molecule has 25 heavy (non-hydrogen) atoms. The average molecular weight is 446 g/mol. The van der Waals surface area contributed by atoms with Crippen molar-refractivity contribution in [3.63, 3.8) is 0 Å². The topological polar surface area (TPSA) is 55.1 Å². The van der Waals surface area contributed by atoms with Crippen LogP contribution in [0, 0.1) is 10.5 Å². The Morgan fingerprint density at radius 2 is 1.92 bits per heavy atom. The molecular formula is C20H19IN2O2. The van der Waals surface area contributed by atoms with E-state index in [9.17, 15) is 4.79 Å². The van der Waals surface area contributed by atoms with Crippen LogP contribution in [0.15, 0.2) is 47.3 Å². The molecule has 3 aromatic rings. The van der Waals surface area contributed by atoms with E-state index in [0.717, 1.165) is 9.13 Å². The summed E-state index contributed by atoms with van der Waals surface area (Å²) in [6, 6.07) is 13.8. The van der Waals surface area contributed by atoms with Crippen LogP contribution >= 0.6 is 22.6 Å². The van der Waals surface area contributed by atoms with Gasteiger partial charge >= 0.3 is 0 Å². The molecule has 0 aliphatic rings. The summed E-state index contributed by atoms with van der Waals surface area (Å²) in [7, 11) is 0. The molecule has 0 radical (unpaired) electrons. The van der Waals surface area contributed by atoms with Crippen LogP contribution in [0.25, 0.3) is 23.1 Å². The van der Waals surface area contributed by atoms with Crippen molar-refractivity contribution in [2.75, 3.05) is 6.61 Å². The Hall–Kier alpha value is -1.99. The molecule has 0 saturated heterocycles. The summed E-state index contributed by atoms with van der Waals surface area (Å²) in [5, 5.41) is 9.75. The molecular weight excluding hydrogens is 427 g/mol.